The summed E-state index contributed by atoms with van der Waals surface area (Å²) in [5.74, 6) is 0.904. The number of benzene rings is 1. The highest BCUT2D eigenvalue weighted by molar-refractivity contribution is 5.94. The average molecular weight is 361 g/mol. The van der Waals surface area contributed by atoms with E-state index in [1.165, 1.54) is 0 Å². The number of carbonyl (C=O) groups is 1. The van der Waals surface area contributed by atoms with Gasteiger partial charge in [-0.3, -0.25) is 14.9 Å². The molecule has 3 aromatic rings. The molecular formula is C21H23N5O. The van der Waals surface area contributed by atoms with Gasteiger partial charge in [0.1, 0.15) is 0 Å². The number of carbonyl (C=O) groups excluding carboxylic acids is 1. The molecule has 1 atom stereocenters. The molecule has 1 saturated heterocycles. The molecule has 0 aliphatic carbocycles. The zero-order valence-electron chi connectivity index (χ0n) is 15.4. The van der Waals surface area contributed by atoms with E-state index in [4.69, 9.17) is 0 Å². The van der Waals surface area contributed by atoms with E-state index in [1.807, 2.05) is 43.3 Å². The van der Waals surface area contributed by atoms with Crippen LogP contribution in [0.3, 0.4) is 0 Å². The molecule has 2 aromatic heterocycles. The summed E-state index contributed by atoms with van der Waals surface area (Å²) < 4.78 is 0. The SMILES string of the molecule is Cc1cccc(C(=O)NC2CCCN(c3cc(-c4ccncc4)[nH]n3)C2)c1. The highest BCUT2D eigenvalue weighted by Gasteiger charge is 2.23. The first kappa shape index (κ1) is 17.3. The molecule has 1 fully saturated rings. The zero-order valence-corrected chi connectivity index (χ0v) is 15.4. The van der Waals surface area contributed by atoms with Crippen LogP contribution < -0.4 is 10.2 Å². The van der Waals surface area contributed by atoms with Crippen molar-refractivity contribution in [3.63, 3.8) is 0 Å². The number of aromatic amines is 1. The highest BCUT2D eigenvalue weighted by Crippen LogP contribution is 2.23. The van der Waals surface area contributed by atoms with Crippen molar-refractivity contribution in [2.75, 3.05) is 18.0 Å². The summed E-state index contributed by atoms with van der Waals surface area (Å²) in [6.07, 6.45) is 5.55. The Labute approximate surface area is 158 Å². The van der Waals surface area contributed by atoms with Crippen molar-refractivity contribution in [2.45, 2.75) is 25.8 Å². The Bertz CT molecular complexity index is 921. The minimum absolute atomic E-state index is 0.00921. The number of aromatic nitrogens is 3. The van der Waals surface area contributed by atoms with E-state index < -0.39 is 0 Å². The van der Waals surface area contributed by atoms with Gasteiger partial charge in [-0.15, -0.1) is 0 Å². The number of hydrogen-bond acceptors (Lipinski definition) is 4. The molecule has 1 amide bonds. The fourth-order valence-electron chi connectivity index (χ4n) is 3.51. The summed E-state index contributed by atoms with van der Waals surface area (Å²) in [5, 5.41) is 10.7. The van der Waals surface area contributed by atoms with Gasteiger partial charge in [0.2, 0.25) is 0 Å². The average Bonchev–Trinajstić information content (AvgIpc) is 3.19. The van der Waals surface area contributed by atoms with Crippen LogP contribution in [-0.2, 0) is 0 Å². The highest BCUT2D eigenvalue weighted by atomic mass is 16.1. The zero-order chi connectivity index (χ0) is 18.6. The second-order valence-electron chi connectivity index (χ2n) is 7.00. The van der Waals surface area contributed by atoms with Gasteiger partial charge >= 0.3 is 0 Å². The Kier molecular flexibility index (Phi) is 4.87. The minimum atomic E-state index is -0.00921. The Morgan fingerprint density at radius 2 is 2.07 bits per heavy atom. The van der Waals surface area contributed by atoms with E-state index in [0.29, 0.717) is 5.56 Å². The summed E-state index contributed by atoms with van der Waals surface area (Å²) in [4.78, 5) is 18.8. The Hall–Kier alpha value is -3.15. The standard InChI is InChI=1S/C21H23N5O/c1-15-4-2-5-17(12-15)21(27)23-18-6-3-11-26(14-18)20-13-19(24-25-20)16-7-9-22-10-8-16/h2,4-5,7-10,12-13,18H,3,6,11,14H2,1H3,(H,23,27)(H,24,25). The van der Waals surface area contributed by atoms with Crippen LogP contribution in [0, 0.1) is 6.92 Å². The van der Waals surface area contributed by atoms with Gasteiger partial charge < -0.3 is 10.2 Å². The molecule has 1 aromatic carbocycles. The second-order valence-corrected chi connectivity index (χ2v) is 7.00. The summed E-state index contributed by atoms with van der Waals surface area (Å²) >= 11 is 0. The van der Waals surface area contributed by atoms with Crippen LogP contribution in [0.15, 0.2) is 54.9 Å². The fourth-order valence-corrected chi connectivity index (χ4v) is 3.51. The number of aryl methyl sites for hydroxylation is 1. The lowest BCUT2D eigenvalue weighted by molar-refractivity contribution is 0.0933. The molecule has 1 unspecified atom stereocenters. The van der Waals surface area contributed by atoms with Crippen LogP contribution in [0.25, 0.3) is 11.3 Å². The third-order valence-corrected chi connectivity index (χ3v) is 4.92. The molecule has 0 bridgehead atoms. The number of nitrogens with zero attached hydrogens (tertiary/aromatic N) is 3. The lowest BCUT2D eigenvalue weighted by Crippen LogP contribution is -2.48. The van der Waals surface area contributed by atoms with Gasteiger partial charge in [0.15, 0.2) is 5.82 Å². The van der Waals surface area contributed by atoms with Crippen molar-refractivity contribution < 1.29 is 4.79 Å². The molecule has 138 valence electrons. The normalized spacial score (nSPS) is 16.9. The summed E-state index contributed by atoms with van der Waals surface area (Å²) in [6.45, 7) is 3.70. The smallest absolute Gasteiger partial charge is 0.251 e. The molecule has 1 aliphatic rings. The fraction of sp³-hybridized carbons (Fsp3) is 0.286. The van der Waals surface area contributed by atoms with E-state index in [9.17, 15) is 4.79 Å². The molecule has 4 rings (SSSR count). The molecule has 6 nitrogen and oxygen atoms in total. The number of rotatable bonds is 4. The van der Waals surface area contributed by atoms with Crippen LogP contribution >= 0.6 is 0 Å². The number of amides is 1. The third-order valence-electron chi connectivity index (χ3n) is 4.92. The maximum Gasteiger partial charge on any atom is 0.251 e. The monoisotopic (exact) mass is 361 g/mol. The van der Waals surface area contributed by atoms with Crippen LogP contribution in [0.2, 0.25) is 0 Å². The Balaban J connectivity index is 1.42. The number of anilines is 1. The lowest BCUT2D eigenvalue weighted by Gasteiger charge is -2.33. The van der Waals surface area contributed by atoms with E-state index >= 15 is 0 Å². The first-order valence-electron chi connectivity index (χ1n) is 9.27. The van der Waals surface area contributed by atoms with Crippen molar-refractivity contribution in [2.24, 2.45) is 0 Å². The van der Waals surface area contributed by atoms with Gasteiger partial charge in [-0.05, 0) is 44.0 Å². The van der Waals surface area contributed by atoms with Crippen molar-refractivity contribution in [3.8, 4) is 11.3 Å². The maximum atomic E-state index is 12.5. The van der Waals surface area contributed by atoms with Crippen LogP contribution in [0.5, 0.6) is 0 Å². The van der Waals surface area contributed by atoms with E-state index in [-0.39, 0.29) is 11.9 Å². The largest absolute Gasteiger partial charge is 0.353 e. The first-order chi connectivity index (χ1) is 13.2. The maximum absolute atomic E-state index is 12.5. The van der Waals surface area contributed by atoms with Gasteiger partial charge in [-0.25, -0.2) is 0 Å². The van der Waals surface area contributed by atoms with Crippen LogP contribution in [0.1, 0.15) is 28.8 Å². The van der Waals surface area contributed by atoms with Crippen molar-refractivity contribution in [1.29, 1.82) is 0 Å². The van der Waals surface area contributed by atoms with Crippen molar-refractivity contribution >= 4 is 11.7 Å². The summed E-state index contributed by atoms with van der Waals surface area (Å²) in [5.41, 5.74) is 3.84. The lowest BCUT2D eigenvalue weighted by atomic mass is 10.0. The third kappa shape index (κ3) is 4.00. The van der Waals surface area contributed by atoms with Crippen LogP contribution in [0.4, 0.5) is 5.82 Å². The minimum Gasteiger partial charge on any atom is -0.353 e. The molecule has 0 saturated carbocycles. The predicted molar refractivity (Wildman–Crippen MR) is 106 cm³/mol. The van der Waals surface area contributed by atoms with Crippen molar-refractivity contribution in [1.82, 2.24) is 20.5 Å². The predicted octanol–water partition coefficient (Wildman–Crippen LogP) is 3.18. The Morgan fingerprint density at radius 3 is 2.89 bits per heavy atom. The number of hydrogen-bond donors (Lipinski definition) is 2. The van der Waals surface area contributed by atoms with E-state index in [0.717, 1.165) is 48.6 Å². The molecule has 0 spiro atoms. The van der Waals surface area contributed by atoms with Crippen LogP contribution in [-0.4, -0.2) is 40.2 Å². The topological polar surface area (TPSA) is 73.9 Å². The van der Waals surface area contributed by atoms with E-state index in [1.54, 1.807) is 12.4 Å². The quantitative estimate of drug-likeness (QED) is 0.748. The molecule has 1 aliphatic heterocycles. The molecular weight excluding hydrogens is 338 g/mol. The van der Waals surface area contributed by atoms with Gasteiger partial charge in [-0.1, -0.05) is 17.7 Å². The van der Waals surface area contributed by atoms with Crippen molar-refractivity contribution in [3.05, 3.63) is 66.0 Å². The summed E-state index contributed by atoms with van der Waals surface area (Å²) in [7, 11) is 0. The molecule has 0 radical (unpaired) electrons. The van der Waals surface area contributed by atoms with Gasteiger partial charge in [-0.2, -0.15) is 5.10 Å². The number of piperidine rings is 1. The second kappa shape index (κ2) is 7.61. The number of H-pyrrole nitrogens is 1. The first-order valence-corrected chi connectivity index (χ1v) is 9.27. The van der Waals surface area contributed by atoms with E-state index in [2.05, 4.69) is 31.5 Å². The molecule has 2 N–H and O–H groups in total. The summed E-state index contributed by atoms with van der Waals surface area (Å²) in [6, 6.07) is 13.8. The van der Waals surface area contributed by atoms with Gasteiger partial charge in [0, 0.05) is 48.7 Å². The molecule has 27 heavy (non-hydrogen) atoms. The number of pyridine rings is 1. The Morgan fingerprint density at radius 1 is 1.22 bits per heavy atom. The molecule has 6 heteroatoms. The van der Waals surface area contributed by atoms with Gasteiger partial charge in [0.05, 0.1) is 5.69 Å². The molecule has 3 heterocycles. The number of nitrogens with one attached hydrogen (secondary N) is 2. The van der Waals surface area contributed by atoms with Gasteiger partial charge in [0.25, 0.3) is 5.91 Å².